The second kappa shape index (κ2) is 7.25. The number of anilines is 1. The third kappa shape index (κ3) is 4.32. The van der Waals surface area contributed by atoms with Crippen molar-refractivity contribution in [2.24, 2.45) is 0 Å². The van der Waals surface area contributed by atoms with E-state index in [1.165, 1.54) is 0 Å². The van der Waals surface area contributed by atoms with Crippen LogP contribution in [0.2, 0.25) is 0 Å². The first-order valence-corrected chi connectivity index (χ1v) is 5.88. The van der Waals surface area contributed by atoms with Gasteiger partial charge in [-0.1, -0.05) is 13.0 Å². The average Bonchev–Trinajstić information content (AvgIpc) is 2.33. The van der Waals surface area contributed by atoms with Crippen LogP contribution >= 0.6 is 0 Å². The van der Waals surface area contributed by atoms with Crippen LogP contribution < -0.4 is 10.2 Å². The summed E-state index contributed by atoms with van der Waals surface area (Å²) in [6.45, 7) is 4.89. The molecular formula is C13H21FN2O. The van der Waals surface area contributed by atoms with Crippen molar-refractivity contribution in [3.63, 3.8) is 0 Å². The zero-order chi connectivity index (χ0) is 12.7. The van der Waals surface area contributed by atoms with Crippen molar-refractivity contribution < 1.29 is 9.13 Å². The van der Waals surface area contributed by atoms with Crippen LogP contribution in [0.5, 0.6) is 0 Å². The van der Waals surface area contributed by atoms with Gasteiger partial charge in [0.25, 0.3) is 0 Å². The maximum Gasteiger partial charge on any atom is 0.146 e. The molecule has 0 radical (unpaired) electrons. The van der Waals surface area contributed by atoms with Gasteiger partial charge in [0.15, 0.2) is 0 Å². The summed E-state index contributed by atoms with van der Waals surface area (Å²) < 4.78 is 18.8. The first-order chi connectivity index (χ1) is 8.19. The van der Waals surface area contributed by atoms with E-state index >= 15 is 0 Å². The Labute approximate surface area is 103 Å². The number of methoxy groups -OCH3 is 1. The molecule has 0 spiro atoms. The average molecular weight is 240 g/mol. The van der Waals surface area contributed by atoms with Crippen molar-refractivity contribution in [1.29, 1.82) is 0 Å². The first kappa shape index (κ1) is 13.9. The van der Waals surface area contributed by atoms with Gasteiger partial charge in [-0.3, -0.25) is 0 Å². The third-order valence-corrected chi connectivity index (χ3v) is 2.63. The largest absolute Gasteiger partial charge is 0.383 e. The molecule has 0 aliphatic carbocycles. The Balaban J connectivity index is 2.68. The fourth-order valence-electron chi connectivity index (χ4n) is 1.59. The molecule has 0 heterocycles. The molecule has 0 aliphatic heterocycles. The summed E-state index contributed by atoms with van der Waals surface area (Å²) in [5.74, 6) is -0.181. The normalized spacial score (nSPS) is 10.6. The maximum absolute atomic E-state index is 13.8. The van der Waals surface area contributed by atoms with Gasteiger partial charge >= 0.3 is 0 Å². The standard InChI is InChI=1S/C13H21FN2O/c1-4-15-10-11-5-6-13(12(14)9-11)16(2)7-8-17-3/h5-6,9,15H,4,7-8,10H2,1-3H3. The zero-order valence-corrected chi connectivity index (χ0v) is 10.8. The van der Waals surface area contributed by atoms with Gasteiger partial charge in [0.2, 0.25) is 0 Å². The Kier molecular flexibility index (Phi) is 5.94. The summed E-state index contributed by atoms with van der Waals surface area (Å²) in [6, 6.07) is 5.35. The molecule has 1 aromatic carbocycles. The number of hydrogen-bond acceptors (Lipinski definition) is 3. The highest BCUT2D eigenvalue weighted by Gasteiger charge is 2.07. The summed E-state index contributed by atoms with van der Waals surface area (Å²) in [4.78, 5) is 1.86. The topological polar surface area (TPSA) is 24.5 Å². The second-order valence-corrected chi connectivity index (χ2v) is 3.98. The minimum Gasteiger partial charge on any atom is -0.383 e. The van der Waals surface area contributed by atoms with Crippen molar-refractivity contribution in [3.8, 4) is 0 Å². The van der Waals surface area contributed by atoms with Gasteiger partial charge in [0.05, 0.1) is 12.3 Å². The lowest BCUT2D eigenvalue weighted by atomic mass is 10.2. The smallest absolute Gasteiger partial charge is 0.146 e. The van der Waals surface area contributed by atoms with E-state index in [1.807, 2.05) is 31.0 Å². The number of benzene rings is 1. The van der Waals surface area contributed by atoms with E-state index in [0.29, 0.717) is 25.4 Å². The highest BCUT2D eigenvalue weighted by molar-refractivity contribution is 5.48. The molecule has 0 atom stereocenters. The number of likely N-dealkylation sites (N-methyl/N-ethyl adjacent to an activating group) is 1. The van der Waals surface area contributed by atoms with Crippen LogP contribution in [0.4, 0.5) is 10.1 Å². The van der Waals surface area contributed by atoms with Gasteiger partial charge in [0, 0.05) is 27.2 Å². The summed E-state index contributed by atoms with van der Waals surface area (Å²) in [6.07, 6.45) is 0. The Morgan fingerprint density at radius 1 is 1.41 bits per heavy atom. The van der Waals surface area contributed by atoms with Crippen LogP contribution in [-0.4, -0.2) is 33.9 Å². The van der Waals surface area contributed by atoms with E-state index < -0.39 is 0 Å². The summed E-state index contributed by atoms with van der Waals surface area (Å²) in [5, 5.41) is 3.17. The van der Waals surface area contributed by atoms with Crippen LogP contribution in [0.1, 0.15) is 12.5 Å². The molecule has 4 heteroatoms. The number of rotatable bonds is 7. The van der Waals surface area contributed by atoms with Gasteiger partial charge in [-0.25, -0.2) is 4.39 Å². The van der Waals surface area contributed by atoms with Gasteiger partial charge in [-0.15, -0.1) is 0 Å². The lowest BCUT2D eigenvalue weighted by Crippen LogP contribution is -2.23. The molecule has 0 aromatic heterocycles. The van der Waals surface area contributed by atoms with E-state index in [4.69, 9.17) is 4.74 Å². The molecule has 0 amide bonds. The number of halogens is 1. The fraction of sp³-hybridized carbons (Fsp3) is 0.538. The van der Waals surface area contributed by atoms with Gasteiger partial charge < -0.3 is 15.0 Å². The van der Waals surface area contributed by atoms with Crippen LogP contribution in [0, 0.1) is 5.82 Å². The second-order valence-electron chi connectivity index (χ2n) is 3.98. The lowest BCUT2D eigenvalue weighted by Gasteiger charge is -2.19. The van der Waals surface area contributed by atoms with Crippen molar-refractivity contribution >= 4 is 5.69 Å². The highest BCUT2D eigenvalue weighted by Crippen LogP contribution is 2.19. The van der Waals surface area contributed by atoms with Crippen molar-refractivity contribution in [2.45, 2.75) is 13.5 Å². The first-order valence-electron chi connectivity index (χ1n) is 5.88. The minimum absolute atomic E-state index is 0.181. The van der Waals surface area contributed by atoms with Crippen LogP contribution in [0.25, 0.3) is 0 Å². The van der Waals surface area contributed by atoms with Crippen LogP contribution in [0.15, 0.2) is 18.2 Å². The van der Waals surface area contributed by atoms with E-state index in [-0.39, 0.29) is 5.82 Å². The monoisotopic (exact) mass is 240 g/mol. The van der Waals surface area contributed by atoms with E-state index in [2.05, 4.69) is 5.32 Å². The molecule has 0 saturated heterocycles. The molecule has 96 valence electrons. The van der Waals surface area contributed by atoms with Crippen LogP contribution in [-0.2, 0) is 11.3 Å². The number of nitrogens with zero attached hydrogens (tertiary/aromatic N) is 1. The third-order valence-electron chi connectivity index (χ3n) is 2.63. The zero-order valence-electron chi connectivity index (χ0n) is 10.8. The molecule has 1 rings (SSSR count). The van der Waals surface area contributed by atoms with Gasteiger partial charge in [-0.2, -0.15) is 0 Å². The van der Waals surface area contributed by atoms with E-state index in [0.717, 1.165) is 12.1 Å². The van der Waals surface area contributed by atoms with E-state index in [9.17, 15) is 4.39 Å². The highest BCUT2D eigenvalue weighted by atomic mass is 19.1. The predicted octanol–water partition coefficient (Wildman–Crippen LogP) is 2.02. The molecule has 0 fully saturated rings. The van der Waals surface area contributed by atoms with Crippen LogP contribution in [0.3, 0.4) is 0 Å². The Morgan fingerprint density at radius 2 is 2.18 bits per heavy atom. The van der Waals surface area contributed by atoms with Gasteiger partial charge in [-0.05, 0) is 24.2 Å². The SMILES string of the molecule is CCNCc1ccc(N(C)CCOC)c(F)c1. The Morgan fingerprint density at radius 3 is 2.76 bits per heavy atom. The van der Waals surface area contributed by atoms with Gasteiger partial charge in [0.1, 0.15) is 5.82 Å². The van der Waals surface area contributed by atoms with Crippen molar-refractivity contribution in [1.82, 2.24) is 5.32 Å². The molecule has 1 aromatic rings. The molecule has 0 unspecified atom stereocenters. The molecule has 0 saturated carbocycles. The molecular weight excluding hydrogens is 219 g/mol. The predicted molar refractivity (Wildman–Crippen MR) is 68.9 cm³/mol. The van der Waals surface area contributed by atoms with Crippen molar-refractivity contribution in [2.75, 3.05) is 38.8 Å². The Hall–Kier alpha value is -1.13. The molecule has 1 N–H and O–H groups in total. The lowest BCUT2D eigenvalue weighted by molar-refractivity contribution is 0.206. The number of ether oxygens (including phenoxy) is 1. The molecule has 17 heavy (non-hydrogen) atoms. The van der Waals surface area contributed by atoms with Crippen molar-refractivity contribution in [3.05, 3.63) is 29.6 Å². The quantitative estimate of drug-likeness (QED) is 0.789. The van der Waals surface area contributed by atoms with E-state index in [1.54, 1.807) is 13.2 Å². The summed E-state index contributed by atoms with van der Waals surface area (Å²) >= 11 is 0. The maximum atomic E-state index is 13.8. The summed E-state index contributed by atoms with van der Waals surface area (Å²) in [7, 11) is 3.51. The minimum atomic E-state index is -0.181. The molecule has 3 nitrogen and oxygen atoms in total. The Bertz CT molecular complexity index is 344. The number of nitrogens with one attached hydrogen (secondary N) is 1. The molecule has 0 bridgehead atoms. The fourth-order valence-corrected chi connectivity index (χ4v) is 1.59. The number of hydrogen-bond donors (Lipinski definition) is 1. The molecule has 0 aliphatic rings. The summed E-state index contributed by atoms with van der Waals surface area (Å²) in [5.41, 5.74) is 1.58.